The minimum absolute atomic E-state index is 0. The molecule has 0 amide bonds. The molecule has 7 nitrogen and oxygen atoms in total. The monoisotopic (exact) mass is 484 g/mol. The first-order valence-electron chi connectivity index (χ1n) is 9.86. The highest BCUT2D eigenvalue weighted by Gasteiger charge is 2.13. The highest BCUT2D eigenvalue weighted by atomic mass is 127. The molecule has 0 bridgehead atoms. The van der Waals surface area contributed by atoms with Gasteiger partial charge in [-0.1, -0.05) is 0 Å². The zero-order valence-electron chi connectivity index (χ0n) is 16.2. The number of hydrogen-bond acceptors (Lipinski definition) is 5. The molecule has 2 saturated heterocycles. The molecule has 2 aliphatic heterocycles. The molecule has 0 aromatic rings. The lowest BCUT2D eigenvalue weighted by molar-refractivity contribution is 0.0205. The van der Waals surface area contributed by atoms with Crippen molar-refractivity contribution in [3.8, 4) is 0 Å². The van der Waals surface area contributed by atoms with Crippen molar-refractivity contribution in [3.63, 3.8) is 0 Å². The van der Waals surface area contributed by atoms with Crippen molar-refractivity contribution in [1.29, 1.82) is 0 Å². The second-order valence-corrected chi connectivity index (χ2v) is 6.63. The average Bonchev–Trinajstić information content (AvgIpc) is 2.66. The van der Waals surface area contributed by atoms with Gasteiger partial charge in [-0.05, 0) is 32.1 Å². The van der Waals surface area contributed by atoms with E-state index < -0.39 is 0 Å². The highest BCUT2D eigenvalue weighted by Crippen LogP contribution is 2.14. The summed E-state index contributed by atoms with van der Waals surface area (Å²) in [6.07, 6.45) is 3.23. The predicted octanol–water partition coefficient (Wildman–Crippen LogP) is 1.33. The van der Waals surface area contributed by atoms with Gasteiger partial charge in [-0.15, -0.1) is 24.0 Å². The van der Waals surface area contributed by atoms with Gasteiger partial charge in [-0.25, -0.2) is 0 Å². The van der Waals surface area contributed by atoms with Gasteiger partial charge in [0.15, 0.2) is 5.96 Å². The zero-order chi connectivity index (χ0) is 17.6. The molecular formula is C18H37IN4O3. The Kier molecular flexibility index (Phi) is 14.6. The zero-order valence-corrected chi connectivity index (χ0v) is 18.5. The van der Waals surface area contributed by atoms with E-state index in [4.69, 9.17) is 14.2 Å². The van der Waals surface area contributed by atoms with E-state index in [2.05, 4.69) is 27.4 Å². The van der Waals surface area contributed by atoms with Gasteiger partial charge >= 0.3 is 0 Å². The molecule has 0 atom stereocenters. The summed E-state index contributed by atoms with van der Waals surface area (Å²) in [5, 5.41) is 6.72. The molecule has 154 valence electrons. The van der Waals surface area contributed by atoms with E-state index in [0.717, 1.165) is 104 Å². The fourth-order valence-electron chi connectivity index (χ4n) is 3.02. The third kappa shape index (κ3) is 10.9. The van der Waals surface area contributed by atoms with Crippen molar-refractivity contribution >= 4 is 29.9 Å². The summed E-state index contributed by atoms with van der Waals surface area (Å²) >= 11 is 0. The Morgan fingerprint density at radius 2 is 1.85 bits per heavy atom. The number of aliphatic imine (C=N–C) groups is 1. The summed E-state index contributed by atoms with van der Waals surface area (Å²) in [7, 11) is 0. The molecule has 26 heavy (non-hydrogen) atoms. The molecule has 2 aliphatic rings. The van der Waals surface area contributed by atoms with Crippen LogP contribution in [0.1, 0.15) is 26.2 Å². The van der Waals surface area contributed by atoms with Crippen LogP contribution in [0.5, 0.6) is 0 Å². The van der Waals surface area contributed by atoms with Crippen LogP contribution in [0.3, 0.4) is 0 Å². The van der Waals surface area contributed by atoms with Gasteiger partial charge in [0.1, 0.15) is 0 Å². The van der Waals surface area contributed by atoms with Crippen LogP contribution in [0.15, 0.2) is 4.99 Å². The van der Waals surface area contributed by atoms with Crippen LogP contribution in [0, 0.1) is 5.92 Å². The van der Waals surface area contributed by atoms with Crippen molar-refractivity contribution < 1.29 is 14.2 Å². The number of rotatable bonds is 10. The van der Waals surface area contributed by atoms with Crippen molar-refractivity contribution in [2.45, 2.75) is 26.2 Å². The number of nitrogens with zero attached hydrogens (tertiary/aromatic N) is 2. The van der Waals surface area contributed by atoms with Crippen molar-refractivity contribution in [3.05, 3.63) is 0 Å². The maximum absolute atomic E-state index is 5.79. The minimum atomic E-state index is 0. The van der Waals surface area contributed by atoms with E-state index >= 15 is 0 Å². The van der Waals surface area contributed by atoms with Crippen molar-refractivity contribution in [2.75, 3.05) is 78.9 Å². The Morgan fingerprint density at radius 3 is 2.58 bits per heavy atom. The van der Waals surface area contributed by atoms with Gasteiger partial charge in [0, 0.05) is 65.7 Å². The van der Waals surface area contributed by atoms with Crippen LogP contribution >= 0.6 is 24.0 Å². The molecule has 0 radical (unpaired) electrons. The van der Waals surface area contributed by atoms with Gasteiger partial charge in [-0.3, -0.25) is 9.89 Å². The summed E-state index contributed by atoms with van der Waals surface area (Å²) < 4.78 is 16.5. The summed E-state index contributed by atoms with van der Waals surface area (Å²) in [5.41, 5.74) is 0. The third-order valence-electron chi connectivity index (χ3n) is 4.58. The molecule has 2 rings (SSSR count). The number of guanidine groups is 1. The van der Waals surface area contributed by atoms with Gasteiger partial charge in [-0.2, -0.15) is 0 Å². The van der Waals surface area contributed by atoms with E-state index in [1.807, 2.05) is 0 Å². The maximum atomic E-state index is 5.79. The number of nitrogens with one attached hydrogen (secondary N) is 2. The summed E-state index contributed by atoms with van der Waals surface area (Å²) in [6.45, 7) is 12.9. The molecule has 0 aliphatic carbocycles. The first-order chi connectivity index (χ1) is 12.4. The SMILES string of the molecule is CCNC(=NCCCOCC1CCOCC1)NCCN1CCOCC1.I. The molecule has 0 aromatic carbocycles. The van der Waals surface area contributed by atoms with E-state index in [1.165, 1.54) is 0 Å². The number of morpholine rings is 1. The third-order valence-corrected chi connectivity index (χ3v) is 4.58. The van der Waals surface area contributed by atoms with Gasteiger partial charge in [0.25, 0.3) is 0 Å². The molecule has 2 N–H and O–H groups in total. The van der Waals surface area contributed by atoms with Gasteiger partial charge in [0.2, 0.25) is 0 Å². The molecule has 0 aromatic heterocycles. The molecule has 2 heterocycles. The Morgan fingerprint density at radius 1 is 1.12 bits per heavy atom. The fraction of sp³-hybridized carbons (Fsp3) is 0.944. The van der Waals surface area contributed by atoms with Crippen LogP contribution in [-0.2, 0) is 14.2 Å². The molecule has 8 heteroatoms. The first-order valence-corrected chi connectivity index (χ1v) is 9.86. The topological polar surface area (TPSA) is 67.4 Å². The number of ether oxygens (including phenoxy) is 3. The number of hydrogen-bond donors (Lipinski definition) is 2. The largest absolute Gasteiger partial charge is 0.381 e. The molecule has 0 unspecified atom stereocenters. The first kappa shape index (κ1) is 23.9. The molecule has 0 spiro atoms. The van der Waals surface area contributed by atoms with Crippen molar-refractivity contribution in [1.82, 2.24) is 15.5 Å². The Hall–Kier alpha value is -0.160. The van der Waals surface area contributed by atoms with Crippen LogP contribution < -0.4 is 10.6 Å². The van der Waals surface area contributed by atoms with E-state index in [0.29, 0.717) is 5.92 Å². The van der Waals surface area contributed by atoms with E-state index in [1.54, 1.807) is 0 Å². The second-order valence-electron chi connectivity index (χ2n) is 6.63. The van der Waals surface area contributed by atoms with Crippen LogP contribution in [0.2, 0.25) is 0 Å². The quantitative estimate of drug-likeness (QED) is 0.211. The highest BCUT2D eigenvalue weighted by molar-refractivity contribution is 14.0. The van der Waals surface area contributed by atoms with Crippen LogP contribution in [0.25, 0.3) is 0 Å². The Bertz CT molecular complexity index is 362. The van der Waals surface area contributed by atoms with E-state index in [9.17, 15) is 0 Å². The summed E-state index contributed by atoms with van der Waals surface area (Å²) in [6, 6.07) is 0. The average molecular weight is 484 g/mol. The molecular weight excluding hydrogens is 447 g/mol. The lowest BCUT2D eigenvalue weighted by Crippen LogP contribution is -2.44. The van der Waals surface area contributed by atoms with E-state index in [-0.39, 0.29) is 24.0 Å². The standard InChI is InChI=1S/C18H36N4O3.HI/c1-2-19-18(21-7-8-22-9-14-24-15-10-22)20-6-3-11-25-16-17-4-12-23-13-5-17;/h17H,2-16H2,1H3,(H2,19,20,21);1H. The molecule has 0 saturated carbocycles. The molecule has 2 fully saturated rings. The number of halogens is 1. The normalized spacial score (nSPS) is 19.8. The minimum Gasteiger partial charge on any atom is -0.381 e. The Labute approximate surface area is 175 Å². The lowest BCUT2D eigenvalue weighted by atomic mass is 10.0. The maximum Gasteiger partial charge on any atom is 0.191 e. The van der Waals surface area contributed by atoms with Crippen LogP contribution in [-0.4, -0.2) is 89.8 Å². The van der Waals surface area contributed by atoms with Gasteiger partial charge in [0.05, 0.1) is 13.2 Å². The van der Waals surface area contributed by atoms with Crippen molar-refractivity contribution in [2.24, 2.45) is 10.9 Å². The summed E-state index contributed by atoms with van der Waals surface area (Å²) in [4.78, 5) is 7.05. The Balaban J connectivity index is 0.00000338. The lowest BCUT2D eigenvalue weighted by Gasteiger charge is -2.26. The smallest absolute Gasteiger partial charge is 0.191 e. The second kappa shape index (κ2) is 15.9. The van der Waals surface area contributed by atoms with Crippen LogP contribution in [0.4, 0.5) is 0 Å². The summed E-state index contributed by atoms with van der Waals surface area (Å²) in [5.74, 6) is 1.58. The predicted molar refractivity (Wildman–Crippen MR) is 116 cm³/mol. The fourth-order valence-corrected chi connectivity index (χ4v) is 3.02. The van der Waals surface area contributed by atoms with Gasteiger partial charge < -0.3 is 24.8 Å².